The summed E-state index contributed by atoms with van der Waals surface area (Å²) in [4.78, 5) is 8.76. The number of anilines is 2. The summed E-state index contributed by atoms with van der Waals surface area (Å²) >= 11 is 0. The molecule has 5 nitrogen and oxygen atoms in total. The number of rotatable bonds is 1. The SMILES string of the molecule is CN1CCCN(c2ncc(N)cc2C#N)CC1. The Labute approximate surface area is 101 Å². The van der Waals surface area contributed by atoms with E-state index in [0.717, 1.165) is 38.4 Å². The molecule has 1 aliphatic heterocycles. The second-order valence-corrected chi connectivity index (χ2v) is 4.40. The number of nitrogens with zero attached hydrogens (tertiary/aromatic N) is 4. The highest BCUT2D eigenvalue weighted by Gasteiger charge is 2.16. The van der Waals surface area contributed by atoms with Gasteiger partial charge in [0.15, 0.2) is 0 Å². The first-order valence-electron chi connectivity index (χ1n) is 5.80. The van der Waals surface area contributed by atoms with Crippen molar-refractivity contribution in [3.8, 4) is 6.07 Å². The van der Waals surface area contributed by atoms with Gasteiger partial charge in [-0.05, 0) is 26.1 Å². The molecule has 0 atom stereocenters. The summed E-state index contributed by atoms with van der Waals surface area (Å²) in [6.07, 6.45) is 2.71. The van der Waals surface area contributed by atoms with Crippen molar-refractivity contribution in [3.63, 3.8) is 0 Å². The topological polar surface area (TPSA) is 69.2 Å². The first-order valence-corrected chi connectivity index (χ1v) is 5.80. The van der Waals surface area contributed by atoms with E-state index < -0.39 is 0 Å². The Morgan fingerprint density at radius 2 is 2.18 bits per heavy atom. The molecule has 0 radical (unpaired) electrons. The summed E-state index contributed by atoms with van der Waals surface area (Å²) < 4.78 is 0. The van der Waals surface area contributed by atoms with Gasteiger partial charge in [-0.15, -0.1) is 0 Å². The van der Waals surface area contributed by atoms with Crippen LogP contribution in [-0.4, -0.2) is 43.1 Å². The zero-order valence-electron chi connectivity index (χ0n) is 10.1. The van der Waals surface area contributed by atoms with E-state index in [-0.39, 0.29) is 0 Å². The first kappa shape index (κ1) is 11.7. The molecule has 1 saturated heterocycles. The fourth-order valence-electron chi connectivity index (χ4n) is 2.07. The fraction of sp³-hybridized carbons (Fsp3) is 0.500. The Hall–Kier alpha value is -1.80. The van der Waals surface area contributed by atoms with E-state index in [9.17, 15) is 0 Å². The zero-order valence-corrected chi connectivity index (χ0v) is 10.1. The third kappa shape index (κ3) is 2.66. The summed E-state index contributed by atoms with van der Waals surface area (Å²) in [7, 11) is 2.12. The molecule has 2 rings (SSSR count). The van der Waals surface area contributed by atoms with Gasteiger partial charge in [-0.3, -0.25) is 0 Å². The van der Waals surface area contributed by atoms with E-state index in [0.29, 0.717) is 11.3 Å². The normalized spacial score (nSPS) is 17.5. The monoisotopic (exact) mass is 231 g/mol. The van der Waals surface area contributed by atoms with E-state index in [1.807, 2.05) is 0 Å². The maximum absolute atomic E-state index is 9.11. The Kier molecular flexibility index (Phi) is 3.45. The summed E-state index contributed by atoms with van der Waals surface area (Å²) in [5.74, 6) is 0.761. The molecule has 5 heteroatoms. The summed E-state index contributed by atoms with van der Waals surface area (Å²) in [5.41, 5.74) is 6.75. The molecule has 17 heavy (non-hydrogen) atoms. The highest BCUT2D eigenvalue weighted by atomic mass is 15.2. The van der Waals surface area contributed by atoms with E-state index in [1.165, 1.54) is 0 Å². The van der Waals surface area contributed by atoms with Crippen molar-refractivity contribution in [2.24, 2.45) is 0 Å². The van der Waals surface area contributed by atoms with Crippen LogP contribution >= 0.6 is 0 Å². The van der Waals surface area contributed by atoms with E-state index >= 15 is 0 Å². The van der Waals surface area contributed by atoms with Crippen LogP contribution in [0.2, 0.25) is 0 Å². The Bertz CT molecular complexity index is 437. The highest BCUT2D eigenvalue weighted by molar-refractivity contribution is 5.58. The quantitative estimate of drug-likeness (QED) is 0.769. The number of nitriles is 1. The maximum atomic E-state index is 9.11. The van der Waals surface area contributed by atoms with Gasteiger partial charge in [0, 0.05) is 19.6 Å². The molecule has 2 N–H and O–H groups in total. The number of nitrogens with two attached hydrogens (primary N) is 1. The lowest BCUT2D eigenvalue weighted by molar-refractivity contribution is 0.360. The maximum Gasteiger partial charge on any atom is 0.146 e. The summed E-state index contributed by atoms with van der Waals surface area (Å²) in [6, 6.07) is 3.86. The fourth-order valence-corrected chi connectivity index (χ4v) is 2.07. The molecule has 1 aromatic heterocycles. The Morgan fingerprint density at radius 3 is 2.94 bits per heavy atom. The average molecular weight is 231 g/mol. The molecule has 2 heterocycles. The van der Waals surface area contributed by atoms with E-state index in [4.69, 9.17) is 11.0 Å². The molecule has 0 aliphatic carbocycles. The minimum atomic E-state index is 0.539. The van der Waals surface area contributed by atoms with Gasteiger partial charge in [0.25, 0.3) is 0 Å². The predicted octanol–water partition coefficient (Wildman–Crippen LogP) is 0.677. The van der Waals surface area contributed by atoms with Gasteiger partial charge in [-0.1, -0.05) is 0 Å². The summed E-state index contributed by atoms with van der Waals surface area (Å²) in [6.45, 7) is 3.93. The zero-order chi connectivity index (χ0) is 12.3. The molecule has 0 saturated carbocycles. The van der Waals surface area contributed by atoms with Crippen LogP contribution in [0.5, 0.6) is 0 Å². The lowest BCUT2D eigenvalue weighted by Gasteiger charge is -2.22. The molecule has 0 bridgehead atoms. The van der Waals surface area contributed by atoms with Crippen LogP contribution < -0.4 is 10.6 Å². The highest BCUT2D eigenvalue weighted by Crippen LogP contribution is 2.20. The van der Waals surface area contributed by atoms with Gasteiger partial charge in [0.05, 0.1) is 17.4 Å². The van der Waals surface area contributed by atoms with Crippen LogP contribution in [0.25, 0.3) is 0 Å². The molecule has 1 fully saturated rings. The predicted molar refractivity (Wildman–Crippen MR) is 67.7 cm³/mol. The van der Waals surface area contributed by atoms with Crippen LogP contribution in [-0.2, 0) is 0 Å². The van der Waals surface area contributed by atoms with Gasteiger partial charge in [0.2, 0.25) is 0 Å². The number of aromatic nitrogens is 1. The first-order chi connectivity index (χ1) is 8.20. The van der Waals surface area contributed by atoms with Crippen molar-refractivity contribution in [3.05, 3.63) is 17.8 Å². The van der Waals surface area contributed by atoms with Gasteiger partial charge in [0.1, 0.15) is 11.9 Å². The van der Waals surface area contributed by atoms with E-state index in [2.05, 4.69) is 27.9 Å². The number of likely N-dealkylation sites (N-methyl/N-ethyl adjacent to an activating group) is 1. The van der Waals surface area contributed by atoms with Crippen molar-refractivity contribution < 1.29 is 0 Å². The minimum Gasteiger partial charge on any atom is -0.397 e. The van der Waals surface area contributed by atoms with Crippen LogP contribution in [0.4, 0.5) is 11.5 Å². The molecule has 0 spiro atoms. The molecule has 0 aromatic carbocycles. The van der Waals surface area contributed by atoms with Gasteiger partial charge in [-0.25, -0.2) is 4.98 Å². The smallest absolute Gasteiger partial charge is 0.146 e. The van der Waals surface area contributed by atoms with Crippen LogP contribution in [0.1, 0.15) is 12.0 Å². The van der Waals surface area contributed by atoms with Crippen molar-refractivity contribution in [1.82, 2.24) is 9.88 Å². The molecule has 0 unspecified atom stereocenters. The Balaban J connectivity index is 2.24. The standard InChI is InChI=1S/C12H17N5/c1-16-3-2-4-17(6-5-16)12-10(8-13)7-11(14)9-15-12/h7,9H,2-6,14H2,1H3. The molecule has 1 aliphatic rings. The molecular weight excluding hydrogens is 214 g/mol. The molecule has 90 valence electrons. The lowest BCUT2D eigenvalue weighted by Crippen LogP contribution is -2.30. The largest absolute Gasteiger partial charge is 0.397 e. The van der Waals surface area contributed by atoms with Crippen molar-refractivity contribution in [2.45, 2.75) is 6.42 Å². The van der Waals surface area contributed by atoms with Crippen LogP contribution in [0.3, 0.4) is 0 Å². The van der Waals surface area contributed by atoms with Crippen LogP contribution in [0.15, 0.2) is 12.3 Å². The Morgan fingerprint density at radius 1 is 1.35 bits per heavy atom. The van der Waals surface area contributed by atoms with Gasteiger partial charge in [-0.2, -0.15) is 5.26 Å². The van der Waals surface area contributed by atoms with Crippen LogP contribution in [0, 0.1) is 11.3 Å². The minimum absolute atomic E-state index is 0.539. The molecular formula is C12H17N5. The average Bonchev–Trinajstić information content (AvgIpc) is 2.54. The second kappa shape index (κ2) is 5.02. The number of hydrogen-bond donors (Lipinski definition) is 1. The van der Waals surface area contributed by atoms with E-state index in [1.54, 1.807) is 12.3 Å². The van der Waals surface area contributed by atoms with Crippen molar-refractivity contribution in [1.29, 1.82) is 5.26 Å². The van der Waals surface area contributed by atoms with Crippen molar-refractivity contribution in [2.75, 3.05) is 43.9 Å². The second-order valence-electron chi connectivity index (χ2n) is 4.40. The number of pyridine rings is 1. The van der Waals surface area contributed by atoms with Gasteiger partial charge < -0.3 is 15.5 Å². The number of nitrogen functional groups attached to an aromatic ring is 1. The third-order valence-electron chi connectivity index (χ3n) is 3.03. The molecule has 1 aromatic rings. The number of hydrogen-bond acceptors (Lipinski definition) is 5. The van der Waals surface area contributed by atoms with Crippen molar-refractivity contribution >= 4 is 11.5 Å². The lowest BCUT2D eigenvalue weighted by atomic mass is 10.2. The summed E-state index contributed by atoms with van der Waals surface area (Å²) in [5, 5.41) is 9.11. The molecule has 0 amide bonds. The van der Waals surface area contributed by atoms with Gasteiger partial charge >= 0.3 is 0 Å². The third-order valence-corrected chi connectivity index (χ3v) is 3.03.